The molecule has 3 N–H and O–H groups in total. The van der Waals surface area contributed by atoms with Crippen LogP contribution < -0.4 is 10.3 Å². The topological polar surface area (TPSA) is 49.1 Å². The summed E-state index contributed by atoms with van der Waals surface area (Å²) in [6.45, 7) is 7.35. The monoisotopic (exact) mass is 338 g/mol. The fraction of sp³-hybridized carbons (Fsp3) is 0.381. The van der Waals surface area contributed by atoms with Crippen molar-refractivity contribution in [2.45, 2.75) is 39.7 Å². The van der Waals surface area contributed by atoms with Crippen LogP contribution in [0.25, 0.3) is 0 Å². The Bertz CT molecular complexity index is 731. The van der Waals surface area contributed by atoms with Gasteiger partial charge in [0.1, 0.15) is 12.3 Å². The molecule has 4 nitrogen and oxygen atoms in total. The highest BCUT2D eigenvalue weighted by Gasteiger charge is 2.16. The fourth-order valence-electron chi connectivity index (χ4n) is 3.29. The first-order valence-electron chi connectivity index (χ1n) is 9.14. The number of anilines is 1. The summed E-state index contributed by atoms with van der Waals surface area (Å²) in [5, 5.41) is 14.7. The average molecular weight is 338 g/mol. The lowest BCUT2D eigenvalue weighted by molar-refractivity contribution is -0.918. The molecule has 132 valence electrons. The molecule has 2 aromatic rings. The molecule has 2 aromatic carbocycles. The molecule has 0 aliphatic carbocycles. The number of aryl methyl sites for hydroxylation is 1. The number of hydrogen-bond donors (Lipinski definition) is 3. The van der Waals surface area contributed by atoms with Gasteiger partial charge in [-0.2, -0.15) is 5.10 Å². The van der Waals surface area contributed by atoms with Crippen molar-refractivity contribution in [2.75, 3.05) is 18.5 Å². The Labute approximate surface area is 150 Å². The minimum Gasteiger partial charge on any atom is -0.507 e. The summed E-state index contributed by atoms with van der Waals surface area (Å²) in [5.74, 6) is 0.390. The average Bonchev–Trinajstić information content (AvgIpc) is 2.64. The van der Waals surface area contributed by atoms with Gasteiger partial charge in [-0.05, 0) is 69.0 Å². The molecule has 1 heterocycles. The first-order chi connectivity index (χ1) is 12.1. The SMILES string of the molecule is C/C(=N\Nc1ccc(C)cc1)c1ccc(O)c(C[NH+]2CCCCC2)c1. The number of rotatable bonds is 5. The van der Waals surface area contributed by atoms with Gasteiger partial charge in [-0.1, -0.05) is 17.7 Å². The van der Waals surface area contributed by atoms with Gasteiger partial charge in [0.15, 0.2) is 0 Å². The molecule has 0 saturated carbocycles. The Balaban J connectivity index is 1.71. The number of piperidine rings is 1. The zero-order valence-corrected chi connectivity index (χ0v) is 15.2. The minimum absolute atomic E-state index is 0.390. The first-order valence-corrected chi connectivity index (χ1v) is 9.14. The Morgan fingerprint density at radius 3 is 2.52 bits per heavy atom. The smallest absolute Gasteiger partial charge is 0.124 e. The Morgan fingerprint density at radius 2 is 1.80 bits per heavy atom. The van der Waals surface area contributed by atoms with E-state index in [4.69, 9.17) is 0 Å². The number of benzene rings is 2. The minimum atomic E-state index is 0.390. The van der Waals surface area contributed by atoms with Gasteiger partial charge in [-0.15, -0.1) is 0 Å². The zero-order chi connectivity index (χ0) is 17.6. The lowest BCUT2D eigenvalue weighted by Gasteiger charge is -2.24. The van der Waals surface area contributed by atoms with Crippen molar-refractivity contribution in [1.29, 1.82) is 0 Å². The van der Waals surface area contributed by atoms with Gasteiger partial charge >= 0.3 is 0 Å². The zero-order valence-electron chi connectivity index (χ0n) is 15.2. The molecule has 1 fully saturated rings. The van der Waals surface area contributed by atoms with Crippen LogP contribution in [-0.4, -0.2) is 23.9 Å². The van der Waals surface area contributed by atoms with Crippen LogP contribution in [0.4, 0.5) is 5.69 Å². The van der Waals surface area contributed by atoms with Crippen molar-refractivity contribution in [3.05, 3.63) is 59.2 Å². The number of phenolic OH excluding ortho intramolecular Hbond substituents is 1. The molecule has 0 spiro atoms. The Hall–Kier alpha value is -2.33. The van der Waals surface area contributed by atoms with Crippen LogP contribution in [0.15, 0.2) is 47.6 Å². The molecule has 0 amide bonds. The van der Waals surface area contributed by atoms with Crippen molar-refractivity contribution in [2.24, 2.45) is 5.10 Å². The number of likely N-dealkylation sites (tertiary alicyclic amines) is 1. The van der Waals surface area contributed by atoms with E-state index in [1.54, 1.807) is 11.0 Å². The van der Waals surface area contributed by atoms with Gasteiger partial charge in [-0.3, -0.25) is 5.43 Å². The summed E-state index contributed by atoms with van der Waals surface area (Å²) in [5.41, 5.74) is 8.28. The number of nitrogens with one attached hydrogen (secondary N) is 2. The first kappa shape index (κ1) is 17.5. The van der Waals surface area contributed by atoms with E-state index in [1.165, 1.54) is 37.9 Å². The number of quaternary nitrogens is 1. The maximum atomic E-state index is 10.2. The predicted octanol–water partition coefficient (Wildman–Crippen LogP) is 3.11. The van der Waals surface area contributed by atoms with Crippen LogP contribution in [0.3, 0.4) is 0 Å². The van der Waals surface area contributed by atoms with Crippen LogP contribution in [0.1, 0.15) is 42.9 Å². The van der Waals surface area contributed by atoms with Crippen LogP contribution in [0, 0.1) is 6.92 Å². The molecule has 1 aliphatic rings. The molecule has 0 unspecified atom stereocenters. The van der Waals surface area contributed by atoms with E-state index in [0.29, 0.717) is 5.75 Å². The molecule has 1 aliphatic heterocycles. The lowest BCUT2D eigenvalue weighted by atomic mass is 10.0. The van der Waals surface area contributed by atoms with Gasteiger partial charge in [0.05, 0.1) is 24.5 Å². The third-order valence-corrected chi connectivity index (χ3v) is 4.90. The normalized spacial score (nSPS) is 16.0. The summed E-state index contributed by atoms with van der Waals surface area (Å²) < 4.78 is 0. The summed E-state index contributed by atoms with van der Waals surface area (Å²) in [6, 6.07) is 14.0. The van der Waals surface area contributed by atoms with E-state index < -0.39 is 0 Å². The Morgan fingerprint density at radius 1 is 1.08 bits per heavy atom. The second-order valence-corrected chi connectivity index (χ2v) is 7.01. The summed E-state index contributed by atoms with van der Waals surface area (Å²) in [6.07, 6.45) is 3.92. The molecule has 0 aromatic heterocycles. The van der Waals surface area contributed by atoms with E-state index in [1.807, 2.05) is 25.1 Å². The number of hydrazone groups is 1. The van der Waals surface area contributed by atoms with E-state index in [9.17, 15) is 5.11 Å². The van der Waals surface area contributed by atoms with Gasteiger partial charge in [0.2, 0.25) is 0 Å². The summed E-state index contributed by atoms with van der Waals surface area (Å²) >= 11 is 0. The van der Waals surface area contributed by atoms with Crippen molar-refractivity contribution in [3.63, 3.8) is 0 Å². The summed E-state index contributed by atoms with van der Waals surface area (Å²) in [7, 11) is 0. The molecule has 0 radical (unpaired) electrons. The molecular formula is C21H28N3O+. The predicted molar refractivity (Wildman–Crippen MR) is 103 cm³/mol. The maximum Gasteiger partial charge on any atom is 0.124 e. The highest BCUT2D eigenvalue weighted by Crippen LogP contribution is 2.19. The third-order valence-electron chi connectivity index (χ3n) is 4.90. The van der Waals surface area contributed by atoms with E-state index in [-0.39, 0.29) is 0 Å². The van der Waals surface area contributed by atoms with Gasteiger partial charge in [0, 0.05) is 5.56 Å². The van der Waals surface area contributed by atoms with Crippen LogP contribution in [0.2, 0.25) is 0 Å². The number of phenols is 1. The highest BCUT2D eigenvalue weighted by molar-refractivity contribution is 5.99. The number of nitrogens with zero attached hydrogens (tertiary/aromatic N) is 1. The van der Waals surface area contributed by atoms with Crippen LogP contribution >= 0.6 is 0 Å². The highest BCUT2D eigenvalue weighted by atomic mass is 16.3. The largest absolute Gasteiger partial charge is 0.507 e. The second kappa shape index (κ2) is 8.17. The van der Waals surface area contributed by atoms with Gasteiger partial charge in [-0.25, -0.2) is 0 Å². The quantitative estimate of drug-likeness (QED) is 0.579. The molecule has 0 bridgehead atoms. The second-order valence-electron chi connectivity index (χ2n) is 7.01. The van der Waals surface area contributed by atoms with E-state index >= 15 is 0 Å². The van der Waals surface area contributed by atoms with Crippen LogP contribution in [-0.2, 0) is 6.54 Å². The summed E-state index contributed by atoms with van der Waals surface area (Å²) in [4.78, 5) is 1.56. The molecule has 0 atom stereocenters. The molecule has 3 rings (SSSR count). The number of hydrogen-bond acceptors (Lipinski definition) is 3. The van der Waals surface area contributed by atoms with E-state index in [0.717, 1.165) is 29.1 Å². The van der Waals surface area contributed by atoms with Gasteiger partial charge < -0.3 is 10.0 Å². The molecule has 1 saturated heterocycles. The standard InChI is InChI=1S/C21H27N3O/c1-16-6-9-20(10-7-16)23-22-17(2)18-8-11-21(25)19(14-18)15-24-12-4-3-5-13-24/h6-11,14,23,25H,3-5,12-13,15H2,1-2H3/p+1/b22-17+. The maximum absolute atomic E-state index is 10.2. The van der Waals surface area contributed by atoms with Gasteiger partial charge in [0.25, 0.3) is 0 Å². The van der Waals surface area contributed by atoms with Crippen molar-refractivity contribution >= 4 is 11.4 Å². The molecular weight excluding hydrogens is 310 g/mol. The van der Waals surface area contributed by atoms with Crippen molar-refractivity contribution < 1.29 is 10.0 Å². The number of aromatic hydroxyl groups is 1. The fourth-order valence-corrected chi connectivity index (χ4v) is 3.29. The molecule has 25 heavy (non-hydrogen) atoms. The Kier molecular flexibility index (Phi) is 5.71. The molecule has 4 heteroatoms. The lowest BCUT2D eigenvalue weighted by Crippen LogP contribution is -3.11. The van der Waals surface area contributed by atoms with Crippen molar-refractivity contribution in [1.82, 2.24) is 0 Å². The van der Waals surface area contributed by atoms with Crippen LogP contribution in [0.5, 0.6) is 5.75 Å². The van der Waals surface area contributed by atoms with E-state index in [2.05, 4.69) is 35.7 Å². The van der Waals surface area contributed by atoms with Crippen molar-refractivity contribution in [3.8, 4) is 5.75 Å². The third kappa shape index (κ3) is 4.83.